The first-order chi connectivity index (χ1) is 8.88. The van der Waals surface area contributed by atoms with Crippen molar-refractivity contribution in [3.8, 4) is 0 Å². The van der Waals surface area contributed by atoms with Gasteiger partial charge in [-0.05, 0) is 30.4 Å². The number of benzene rings is 1. The van der Waals surface area contributed by atoms with E-state index in [4.69, 9.17) is 0 Å². The first kappa shape index (κ1) is 11.1. The highest BCUT2D eigenvalue weighted by Crippen LogP contribution is 2.37. The predicted molar refractivity (Wildman–Crippen MR) is 73.6 cm³/mol. The maximum absolute atomic E-state index is 10.9. The van der Waals surface area contributed by atoms with E-state index in [-0.39, 0.29) is 0 Å². The number of carbonyl (C=O) groups is 1. The van der Waals surface area contributed by atoms with Crippen LogP contribution in [-0.2, 0) is 11.2 Å². The number of rotatable bonds is 2. The van der Waals surface area contributed by atoms with Gasteiger partial charge in [-0.1, -0.05) is 42.5 Å². The lowest BCUT2D eigenvalue weighted by Gasteiger charge is -2.21. The van der Waals surface area contributed by atoms with Crippen molar-refractivity contribution in [2.75, 3.05) is 0 Å². The summed E-state index contributed by atoms with van der Waals surface area (Å²) in [6.07, 6.45) is 12.1. The number of para-hydroxylation sites is 1. The molecular formula is C16H15NO. The van der Waals surface area contributed by atoms with Crippen LogP contribution in [0.25, 0.3) is 0 Å². The van der Waals surface area contributed by atoms with Crippen LogP contribution in [0, 0.1) is 0 Å². The summed E-state index contributed by atoms with van der Waals surface area (Å²) >= 11 is 0. The van der Waals surface area contributed by atoms with Crippen LogP contribution in [0.4, 0.5) is 5.69 Å². The molecule has 1 atom stereocenters. The molecule has 0 saturated carbocycles. The summed E-state index contributed by atoms with van der Waals surface area (Å²) in [5.41, 5.74) is 4.20. The van der Waals surface area contributed by atoms with Gasteiger partial charge in [-0.25, -0.2) is 4.99 Å². The fraction of sp³-hybridized carbons (Fsp3) is 0.250. The Kier molecular flexibility index (Phi) is 2.93. The van der Waals surface area contributed by atoms with Gasteiger partial charge in [0, 0.05) is 5.92 Å². The summed E-state index contributed by atoms with van der Waals surface area (Å²) in [6, 6.07) is 6.35. The van der Waals surface area contributed by atoms with E-state index < -0.39 is 0 Å². The minimum atomic E-state index is 0.389. The molecule has 1 aromatic rings. The normalized spacial score (nSPS) is 21.3. The van der Waals surface area contributed by atoms with Crippen molar-refractivity contribution in [1.29, 1.82) is 0 Å². The van der Waals surface area contributed by atoms with E-state index in [1.54, 1.807) is 0 Å². The molecule has 1 unspecified atom stereocenters. The summed E-state index contributed by atoms with van der Waals surface area (Å²) in [5, 5.41) is 0. The number of aryl methyl sites for hydroxylation is 1. The van der Waals surface area contributed by atoms with Gasteiger partial charge in [-0.2, -0.15) is 0 Å². The molecule has 18 heavy (non-hydrogen) atoms. The number of aliphatic imine (C=N–C) groups is 1. The van der Waals surface area contributed by atoms with E-state index in [1.165, 1.54) is 11.1 Å². The Morgan fingerprint density at radius 2 is 2.17 bits per heavy atom. The molecule has 0 bridgehead atoms. The smallest absolute Gasteiger partial charge is 0.164 e. The zero-order chi connectivity index (χ0) is 12.4. The Morgan fingerprint density at radius 3 is 2.94 bits per heavy atom. The second kappa shape index (κ2) is 4.73. The molecule has 0 aromatic heterocycles. The third-order valence-corrected chi connectivity index (χ3v) is 3.57. The van der Waals surface area contributed by atoms with Gasteiger partial charge in [0.1, 0.15) is 0 Å². The van der Waals surface area contributed by atoms with Crippen LogP contribution in [0.1, 0.15) is 29.9 Å². The van der Waals surface area contributed by atoms with E-state index in [0.29, 0.717) is 11.6 Å². The van der Waals surface area contributed by atoms with Gasteiger partial charge in [-0.3, -0.25) is 4.79 Å². The molecule has 0 N–H and O–H groups in total. The maximum Gasteiger partial charge on any atom is 0.164 e. The Hall–Kier alpha value is -1.96. The van der Waals surface area contributed by atoms with Crippen molar-refractivity contribution in [2.45, 2.75) is 25.2 Å². The monoisotopic (exact) mass is 237 g/mol. The van der Waals surface area contributed by atoms with Crippen LogP contribution in [0.15, 0.2) is 47.5 Å². The zero-order valence-electron chi connectivity index (χ0n) is 10.2. The molecule has 2 aliphatic rings. The highest BCUT2D eigenvalue weighted by Gasteiger charge is 2.19. The summed E-state index contributed by atoms with van der Waals surface area (Å²) in [5.74, 6) is 0.389. The largest absolute Gasteiger partial charge is 0.297 e. The lowest BCUT2D eigenvalue weighted by molar-refractivity contribution is -0.102. The van der Waals surface area contributed by atoms with Gasteiger partial charge in [0.25, 0.3) is 0 Å². The lowest BCUT2D eigenvalue weighted by Crippen LogP contribution is -2.09. The van der Waals surface area contributed by atoms with Crippen molar-refractivity contribution >= 4 is 17.7 Å². The van der Waals surface area contributed by atoms with Crippen LogP contribution in [0.3, 0.4) is 0 Å². The fourth-order valence-corrected chi connectivity index (χ4v) is 2.61. The number of carbonyl (C=O) groups excluding carboxylic acids is 1. The Morgan fingerprint density at radius 1 is 1.22 bits per heavy atom. The second-order valence-corrected chi connectivity index (χ2v) is 4.73. The maximum atomic E-state index is 10.9. The number of fused-ring (bicyclic) bond motifs is 1. The minimum Gasteiger partial charge on any atom is -0.297 e. The number of allylic oxidation sites excluding steroid dienone is 4. The van der Waals surface area contributed by atoms with Gasteiger partial charge < -0.3 is 0 Å². The molecule has 0 spiro atoms. The van der Waals surface area contributed by atoms with E-state index in [0.717, 1.165) is 31.2 Å². The van der Waals surface area contributed by atoms with Crippen molar-refractivity contribution in [2.24, 2.45) is 4.99 Å². The van der Waals surface area contributed by atoms with Crippen molar-refractivity contribution < 1.29 is 4.79 Å². The molecule has 90 valence electrons. The van der Waals surface area contributed by atoms with Crippen molar-refractivity contribution in [3.05, 3.63) is 53.6 Å². The highest BCUT2D eigenvalue weighted by atomic mass is 16.1. The first-order valence-corrected chi connectivity index (χ1v) is 6.36. The van der Waals surface area contributed by atoms with Crippen LogP contribution in [0.5, 0.6) is 0 Å². The fourth-order valence-electron chi connectivity index (χ4n) is 2.61. The predicted octanol–water partition coefficient (Wildman–Crippen LogP) is 3.50. The molecule has 2 heteroatoms. The van der Waals surface area contributed by atoms with Gasteiger partial charge in [0.2, 0.25) is 0 Å². The number of hydrogen-bond donors (Lipinski definition) is 0. The summed E-state index contributed by atoms with van der Waals surface area (Å²) < 4.78 is 0. The SMILES string of the molecule is O=CC1=Nc2c(cccc2C2C=CC=CC2)CC1. The van der Waals surface area contributed by atoms with Gasteiger partial charge in [-0.15, -0.1) is 0 Å². The Bertz CT molecular complexity index is 566. The molecule has 0 saturated heterocycles. The first-order valence-electron chi connectivity index (χ1n) is 6.36. The standard InChI is InChI=1S/C16H15NO/c18-11-14-10-9-13-7-4-8-15(16(13)17-14)12-5-2-1-3-6-12/h1-5,7-8,11-12H,6,9-10H2. The van der Waals surface area contributed by atoms with E-state index in [9.17, 15) is 4.79 Å². The molecule has 0 amide bonds. The van der Waals surface area contributed by atoms with Crippen molar-refractivity contribution in [3.63, 3.8) is 0 Å². The summed E-state index contributed by atoms with van der Waals surface area (Å²) in [7, 11) is 0. The molecule has 1 heterocycles. The Labute approximate surface area is 107 Å². The van der Waals surface area contributed by atoms with E-state index in [2.05, 4.69) is 47.5 Å². The van der Waals surface area contributed by atoms with Gasteiger partial charge >= 0.3 is 0 Å². The van der Waals surface area contributed by atoms with Gasteiger partial charge in [0.05, 0.1) is 11.4 Å². The highest BCUT2D eigenvalue weighted by molar-refractivity contribution is 6.29. The molecule has 1 aliphatic carbocycles. The Balaban J connectivity index is 2.07. The van der Waals surface area contributed by atoms with Crippen LogP contribution in [-0.4, -0.2) is 12.0 Å². The van der Waals surface area contributed by atoms with E-state index >= 15 is 0 Å². The average Bonchev–Trinajstić information content (AvgIpc) is 2.47. The van der Waals surface area contributed by atoms with Crippen LogP contribution >= 0.6 is 0 Å². The molecular weight excluding hydrogens is 222 g/mol. The zero-order valence-corrected chi connectivity index (χ0v) is 10.2. The van der Waals surface area contributed by atoms with Crippen LogP contribution < -0.4 is 0 Å². The summed E-state index contributed by atoms with van der Waals surface area (Å²) in [4.78, 5) is 15.4. The number of hydrogen-bond acceptors (Lipinski definition) is 2. The molecule has 3 rings (SSSR count). The molecule has 0 fully saturated rings. The molecule has 1 aromatic carbocycles. The lowest BCUT2D eigenvalue weighted by atomic mass is 9.88. The molecule has 2 nitrogen and oxygen atoms in total. The quantitative estimate of drug-likeness (QED) is 0.724. The van der Waals surface area contributed by atoms with Crippen LogP contribution in [0.2, 0.25) is 0 Å². The van der Waals surface area contributed by atoms with Gasteiger partial charge in [0.15, 0.2) is 6.29 Å². The van der Waals surface area contributed by atoms with Crippen molar-refractivity contribution in [1.82, 2.24) is 0 Å². The topological polar surface area (TPSA) is 29.4 Å². The number of aldehydes is 1. The molecule has 0 radical (unpaired) electrons. The third kappa shape index (κ3) is 1.94. The third-order valence-electron chi connectivity index (χ3n) is 3.57. The summed E-state index contributed by atoms with van der Waals surface area (Å²) in [6.45, 7) is 0. The molecule has 1 aliphatic heterocycles. The minimum absolute atomic E-state index is 0.389. The second-order valence-electron chi connectivity index (χ2n) is 4.73. The number of nitrogens with zero attached hydrogens (tertiary/aromatic N) is 1. The van der Waals surface area contributed by atoms with E-state index in [1.807, 2.05) is 0 Å². The average molecular weight is 237 g/mol.